The van der Waals surface area contributed by atoms with Gasteiger partial charge >= 0.3 is 0 Å². The summed E-state index contributed by atoms with van der Waals surface area (Å²) >= 11 is 0. The summed E-state index contributed by atoms with van der Waals surface area (Å²) in [7, 11) is 1.82. The van der Waals surface area contributed by atoms with Gasteiger partial charge in [0.15, 0.2) is 0 Å². The summed E-state index contributed by atoms with van der Waals surface area (Å²) in [5.74, 6) is 0.802. The van der Waals surface area contributed by atoms with Crippen LogP contribution in [-0.2, 0) is 7.05 Å². The maximum absolute atomic E-state index is 9.11. The summed E-state index contributed by atoms with van der Waals surface area (Å²) in [4.78, 5) is 2.00. The minimum Gasteiger partial charge on any atom is -0.395 e. The Balaban J connectivity index is 3.12. The third kappa shape index (κ3) is 2.34. The number of aliphatic hydroxyl groups excluding tert-OH is 1. The van der Waals surface area contributed by atoms with E-state index in [1.54, 1.807) is 4.68 Å². The van der Waals surface area contributed by atoms with Gasteiger partial charge < -0.3 is 10.0 Å². The average Bonchev–Trinajstić information content (AvgIpc) is 2.52. The highest BCUT2D eigenvalue weighted by Gasteiger charge is 2.18. The lowest BCUT2D eigenvalue weighted by molar-refractivity contribution is 0.301. The van der Waals surface area contributed by atoms with Gasteiger partial charge in [-0.1, -0.05) is 6.92 Å². The number of nitrogens with zero attached hydrogens (tertiary/aromatic N) is 4. The van der Waals surface area contributed by atoms with Gasteiger partial charge in [0.05, 0.1) is 12.3 Å². The van der Waals surface area contributed by atoms with E-state index in [-0.39, 0.29) is 6.61 Å². The van der Waals surface area contributed by atoms with Crippen molar-refractivity contribution in [3.63, 3.8) is 0 Å². The molecule has 0 spiro atoms. The summed E-state index contributed by atoms with van der Waals surface area (Å²) in [6.45, 7) is 5.32. The number of rotatable bonds is 5. The molecule has 0 saturated carbocycles. The fraction of sp³-hybridized carbons (Fsp3) is 0.636. The highest BCUT2D eigenvalue weighted by Crippen LogP contribution is 2.22. The van der Waals surface area contributed by atoms with Crippen LogP contribution in [0, 0.1) is 18.3 Å². The number of aliphatic hydroxyl groups is 1. The van der Waals surface area contributed by atoms with Gasteiger partial charge in [0.25, 0.3) is 0 Å². The molecule has 0 aliphatic heterocycles. The van der Waals surface area contributed by atoms with E-state index in [9.17, 15) is 0 Å². The molecular formula is C11H18N4O. The predicted molar refractivity (Wildman–Crippen MR) is 62.2 cm³/mol. The maximum atomic E-state index is 9.11. The Morgan fingerprint density at radius 1 is 1.50 bits per heavy atom. The molecule has 0 bridgehead atoms. The molecule has 1 rings (SSSR count). The van der Waals surface area contributed by atoms with E-state index in [0.717, 1.165) is 24.5 Å². The fourth-order valence-electron chi connectivity index (χ4n) is 1.85. The van der Waals surface area contributed by atoms with E-state index < -0.39 is 0 Å². The predicted octanol–water partition coefficient (Wildman–Crippen LogP) is 0.809. The fourth-order valence-corrected chi connectivity index (χ4v) is 1.85. The molecule has 1 aromatic rings. The lowest BCUT2D eigenvalue weighted by Crippen LogP contribution is -2.30. The van der Waals surface area contributed by atoms with Crippen LogP contribution in [0.4, 0.5) is 5.82 Å². The third-order valence-electron chi connectivity index (χ3n) is 2.47. The zero-order valence-corrected chi connectivity index (χ0v) is 10.1. The van der Waals surface area contributed by atoms with Crippen LogP contribution in [0.15, 0.2) is 0 Å². The molecule has 1 aromatic heterocycles. The molecule has 1 N–H and O–H groups in total. The van der Waals surface area contributed by atoms with Crippen molar-refractivity contribution in [2.75, 3.05) is 24.6 Å². The van der Waals surface area contributed by atoms with Gasteiger partial charge in [-0.2, -0.15) is 10.4 Å². The van der Waals surface area contributed by atoms with Gasteiger partial charge in [0.2, 0.25) is 0 Å². The zero-order chi connectivity index (χ0) is 12.1. The third-order valence-corrected chi connectivity index (χ3v) is 2.47. The normalized spacial score (nSPS) is 10.2. The second kappa shape index (κ2) is 5.52. The molecular weight excluding hydrogens is 204 g/mol. The zero-order valence-electron chi connectivity index (χ0n) is 10.1. The van der Waals surface area contributed by atoms with Crippen LogP contribution < -0.4 is 4.90 Å². The maximum Gasteiger partial charge on any atom is 0.145 e. The Kier molecular flexibility index (Phi) is 4.32. The second-order valence-corrected chi connectivity index (χ2v) is 3.73. The Labute approximate surface area is 95.9 Å². The van der Waals surface area contributed by atoms with Gasteiger partial charge in [-0.15, -0.1) is 0 Å². The number of aryl methyl sites for hydroxylation is 2. The van der Waals surface area contributed by atoms with Crippen LogP contribution in [0.3, 0.4) is 0 Å². The molecule has 88 valence electrons. The van der Waals surface area contributed by atoms with Crippen molar-refractivity contribution in [3.05, 3.63) is 11.3 Å². The van der Waals surface area contributed by atoms with Crippen molar-refractivity contribution in [1.82, 2.24) is 9.78 Å². The molecule has 0 amide bonds. The monoisotopic (exact) mass is 222 g/mol. The summed E-state index contributed by atoms with van der Waals surface area (Å²) in [5, 5.41) is 22.4. The van der Waals surface area contributed by atoms with Crippen molar-refractivity contribution < 1.29 is 5.11 Å². The van der Waals surface area contributed by atoms with Crippen molar-refractivity contribution >= 4 is 5.82 Å². The van der Waals surface area contributed by atoms with E-state index in [0.29, 0.717) is 12.1 Å². The molecule has 1 heterocycles. The molecule has 16 heavy (non-hydrogen) atoms. The van der Waals surface area contributed by atoms with Crippen molar-refractivity contribution in [3.8, 4) is 6.07 Å². The van der Waals surface area contributed by atoms with Crippen molar-refractivity contribution in [2.24, 2.45) is 7.05 Å². The number of nitriles is 1. The molecule has 0 aromatic carbocycles. The summed E-state index contributed by atoms with van der Waals surface area (Å²) in [6.07, 6.45) is 0.967. The Bertz CT molecular complexity index is 385. The molecule has 0 fully saturated rings. The molecule has 5 heteroatoms. The van der Waals surface area contributed by atoms with Gasteiger partial charge in [0, 0.05) is 20.1 Å². The van der Waals surface area contributed by atoms with E-state index in [1.165, 1.54) is 0 Å². The van der Waals surface area contributed by atoms with Gasteiger partial charge in [-0.3, -0.25) is 4.68 Å². The molecule has 0 unspecified atom stereocenters. The standard InChI is InChI=1S/C11H18N4O/c1-4-5-15(6-7-16)11-10(8-12)9(2)13-14(11)3/h16H,4-7H2,1-3H3. The first-order valence-corrected chi connectivity index (χ1v) is 5.45. The van der Waals surface area contributed by atoms with E-state index >= 15 is 0 Å². The van der Waals surface area contributed by atoms with Crippen LogP contribution in [-0.4, -0.2) is 34.6 Å². The van der Waals surface area contributed by atoms with E-state index in [1.807, 2.05) is 18.9 Å². The highest BCUT2D eigenvalue weighted by molar-refractivity contribution is 5.56. The lowest BCUT2D eigenvalue weighted by Gasteiger charge is -2.23. The quantitative estimate of drug-likeness (QED) is 0.800. The van der Waals surface area contributed by atoms with Gasteiger partial charge in [0.1, 0.15) is 17.5 Å². The molecule has 0 radical (unpaired) electrons. The smallest absolute Gasteiger partial charge is 0.145 e. The molecule has 0 aliphatic rings. The van der Waals surface area contributed by atoms with E-state index in [2.05, 4.69) is 18.1 Å². The first-order chi connectivity index (χ1) is 7.65. The average molecular weight is 222 g/mol. The van der Waals surface area contributed by atoms with Crippen LogP contribution >= 0.6 is 0 Å². The molecule has 5 nitrogen and oxygen atoms in total. The van der Waals surface area contributed by atoms with Gasteiger partial charge in [-0.25, -0.2) is 0 Å². The highest BCUT2D eigenvalue weighted by atomic mass is 16.3. The number of anilines is 1. The minimum atomic E-state index is 0.0785. The van der Waals surface area contributed by atoms with Gasteiger partial charge in [-0.05, 0) is 13.3 Å². The van der Waals surface area contributed by atoms with Crippen LogP contribution in [0.1, 0.15) is 24.6 Å². The number of hydrogen-bond acceptors (Lipinski definition) is 4. The molecule has 0 aliphatic carbocycles. The lowest BCUT2D eigenvalue weighted by atomic mass is 10.2. The second-order valence-electron chi connectivity index (χ2n) is 3.73. The van der Waals surface area contributed by atoms with E-state index in [4.69, 9.17) is 10.4 Å². The van der Waals surface area contributed by atoms with Crippen LogP contribution in [0.25, 0.3) is 0 Å². The van der Waals surface area contributed by atoms with Crippen LogP contribution in [0.5, 0.6) is 0 Å². The van der Waals surface area contributed by atoms with Crippen molar-refractivity contribution in [1.29, 1.82) is 5.26 Å². The topological polar surface area (TPSA) is 65.1 Å². The first-order valence-electron chi connectivity index (χ1n) is 5.45. The Morgan fingerprint density at radius 2 is 2.19 bits per heavy atom. The largest absolute Gasteiger partial charge is 0.395 e. The van der Waals surface area contributed by atoms with Crippen LogP contribution in [0.2, 0.25) is 0 Å². The SMILES string of the molecule is CCCN(CCO)c1c(C#N)c(C)nn1C. The Morgan fingerprint density at radius 3 is 2.69 bits per heavy atom. The van der Waals surface area contributed by atoms with Crippen molar-refractivity contribution in [2.45, 2.75) is 20.3 Å². The summed E-state index contributed by atoms with van der Waals surface area (Å²) in [5.41, 5.74) is 1.34. The summed E-state index contributed by atoms with van der Waals surface area (Å²) < 4.78 is 1.71. The number of aromatic nitrogens is 2. The minimum absolute atomic E-state index is 0.0785. The molecule has 0 atom stereocenters. The first kappa shape index (κ1) is 12.5. The Hall–Kier alpha value is -1.54. The molecule has 0 saturated heterocycles. The number of hydrogen-bond donors (Lipinski definition) is 1. The summed E-state index contributed by atoms with van der Waals surface area (Å²) in [6, 6.07) is 2.18.